The van der Waals surface area contributed by atoms with Crippen LogP contribution in [0.3, 0.4) is 0 Å². The van der Waals surface area contributed by atoms with Crippen molar-refractivity contribution in [1.82, 2.24) is 9.80 Å². The molecule has 3 aliphatic heterocycles. The summed E-state index contributed by atoms with van der Waals surface area (Å²) in [6.45, 7) is 18.4. The molecule has 0 radical (unpaired) electrons. The predicted molar refractivity (Wildman–Crippen MR) is 171 cm³/mol. The van der Waals surface area contributed by atoms with Gasteiger partial charge < -0.3 is 24.4 Å². The SMILES string of the molecule is C=CCCCCOC(=O)[C@@H]1[C@@H]2CCC3(O2)C(C(=O)N(CC=C)C(C)(C)CC(C)(C)C)N([C@@H](CO)Cc2ccccc2)C(=O)[C@H]13. The molecule has 2 amide bonds. The Kier molecular flexibility index (Phi) is 10.5. The number of aliphatic hydroxyl groups excluding tert-OH is 1. The topological polar surface area (TPSA) is 96.4 Å². The van der Waals surface area contributed by atoms with Gasteiger partial charge in [-0.2, -0.15) is 0 Å². The first kappa shape index (κ1) is 33.9. The molecule has 2 unspecified atom stereocenters. The fourth-order valence-electron chi connectivity index (χ4n) is 8.13. The number of hydrogen-bond acceptors (Lipinski definition) is 6. The van der Waals surface area contributed by atoms with Crippen LogP contribution in [0.25, 0.3) is 0 Å². The van der Waals surface area contributed by atoms with Crippen LogP contribution >= 0.6 is 0 Å². The quantitative estimate of drug-likeness (QED) is 0.169. The molecule has 8 nitrogen and oxygen atoms in total. The smallest absolute Gasteiger partial charge is 0.312 e. The molecule has 3 aliphatic rings. The fraction of sp³-hybridized carbons (Fsp3) is 0.639. The highest BCUT2D eigenvalue weighted by atomic mass is 16.6. The van der Waals surface area contributed by atoms with Gasteiger partial charge in [0.1, 0.15) is 11.6 Å². The van der Waals surface area contributed by atoms with Gasteiger partial charge >= 0.3 is 5.97 Å². The number of aliphatic hydroxyl groups is 1. The van der Waals surface area contributed by atoms with Gasteiger partial charge in [0.05, 0.1) is 37.2 Å². The summed E-state index contributed by atoms with van der Waals surface area (Å²) in [5, 5.41) is 10.7. The maximum Gasteiger partial charge on any atom is 0.312 e. The van der Waals surface area contributed by atoms with Crippen LogP contribution in [0.15, 0.2) is 55.6 Å². The summed E-state index contributed by atoms with van der Waals surface area (Å²) < 4.78 is 12.4. The van der Waals surface area contributed by atoms with Crippen LogP contribution in [0, 0.1) is 17.3 Å². The van der Waals surface area contributed by atoms with Gasteiger partial charge in [0.2, 0.25) is 11.8 Å². The molecule has 2 bridgehead atoms. The highest BCUT2D eigenvalue weighted by Gasteiger charge is 2.76. The summed E-state index contributed by atoms with van der Waals surface area (Å²) in [6, 6.07) is 7.98. The van der Waals surface area contributed by atoms with Crippen LogP contribution < -0.4 is 0 Å². The Labute approximate surface area is 263 Å². The number of benzene rings is 1. The summed E-state index contributed by atoms with van der Waals surface area (Å²) in [5.41, 5.74) is -0.871. The summed E-state index contributed by atoms with van der Waals surface area (Å²) in [5.74, 6) is -2.64. The van der Waals surface area contributed by atoms with E-state index in [0.717, 1.165) is 18.4 Å². The van der Waals surface area contributed by atoms with Crippen molar-refractivity contribution >= 4 is 17.8 Å². The summed E-state index contributed by atoms with van der Waals surface area (Å²) in [6.07, 6.45) is 7.59. The van der Waals surface area contributed by atoms with E-state index in [9.17, 15) is 19.5 Å². The maximum atomic E-state index is 15.0. The van der Waals surface area contributed by atoms with Gasteiger partial charge in [-0.1, -0.05) is 63.3 Å². The molecule has 3 fully saturated rings. The number of nitrogens with zero attached hydrogens (tertiary/aromatic N) is 2. The second-order valence-corrected chi connectivity index (χ2v) is 14.6. The van der Waals surface area contributed by atoms with Crippen LogP contribution in [0.5, 0.6) is 0 Å². The molecule has 1 spiro atoms. The van der Waals surface area contributed by atoms with Crippen LogP contribution in [-0.2, 0) is 30.3 Å². The summed E-state index contributed by atoms with van der Waals surface area (Å²) >= 11 is 0. The van der Waals surface area contributed by atoms with E-state index in [2.05, 4.69) is 33.9 Å². The van der Waals surface area contributed by atoms with E-state index in [0.29, 0.717) is 38.6 Å². The second-order valence-electron chi connectivity index (χ2n) is 14.6. The highest BCUT2D eigenvalue weighted by Crippen LogP contribution is 2.59. The number of carbonyl (C=O) groups excluding carboxylic acids is 3. The van der Waals surface area contributed by atoms with Crippen molar-refractivity contribution < 1.29 is 29.0 Å². The Bertz CT molecular complexity index is 1210. The Morgan fingerprint density at radius 3 is 2.48 bits per heavy atom. The molecule has 6 atom stereocenters. The largest absolute Gasteiger partial charge is 0.465 e. The molecule has 8 heteroatoms. The number of likely N-dealkylation sites (tertiary alicyclic amines) is 1. The van der Waals surface area contributed by atoms with Crippen molar-refractivity contribution in [1.29, 1.82) is 0 Å². The molecule has 1 aromatic rings. The lowest BCUT2D eigenvalue weighted by Crippen LogP contribution is -2.62. The second kappa shape index (κ2) is 13.6. The average molecular weight is 609 g/mol. The van der Waals surface area contributed by atoms with E-state index in [-0.39, 0.29) is 30.4 Å². The molecule has 4 rings (SSSR count). The summed E-state index contributed by atoms with van der Waals surface area (Å²) in [4.78, 5) is 46.5. The van der Waals surface area contributed by atoms with Crippen molar-refractivity contribution in [2.75, 3.05) is 19.8 Å². The van der Waals surface area contributed by atoms with E-state index in [4.69, 9.17) is 9.47 Å². The van der Waals surface area contributed by atoms with Crippen LogP contribution in [0.1, 0.15) is 78.7 Å². The number of carbonyl (C=O) groups is 3. The minimum atomic E-state index is -1.17. The lowest BCUT2D eigenvalue weighted by atomic mass is 9.70. The molecular weight excluding hydrogens is 556 g/mol. The zero-order valence-electron chi connectivity index (χ0n) is 27.3. The molecule has 242 valence electrons. The third-order valence-electron chi connectivity index (χ3n) is 9.48. The molecule has 1 aromatic carbocycles. The number of ether oxygens (including phenoxy) is 2. The monoisotopic (exact) mass is 608 g/mol. The molecule has 3 heterocycles. The van der Waals surface area contributed by atoms with E-state index >= 15 is 0 Å². The third kappa shape index (κ3) is 6.66. The van der Waals surface area contributed by atoms with E-state index in [1.54, 1.807) is 11.0 Å². The third-order valence-corrected chi connectivity index (χ3v) is 9.48. The summed E-state index contributed by atoms with van der Waals surface area (Å²) in [7, 11) is 0. The highest BCUT2D eigenvalue weighted by molar-refractivity contribution is 5.98. The van der Waals surface area contributed by atoms with Gasteiger partial charge in [0.15, 0.2) is 0 Å². The molecule has 0 saturated carbocycles. The number of hydrogen-bond donors (Lipinski definition) is 1. The van der Waals surface area contributed by atoms with Crippen LogP contribution in [-0.4, -0.2) is 81.8 Å². The molecule has 0 aliphatic carbocycles. The molecular formula is C36H52N2O6. The normalized spacial score (nSPS) is 26.8. The van der Waals surface area contributed by atoms with Crippen molar-refractivity contribution in [3.63, 3.8) is 0 Å². The minimum absolute atomic E-state index is 0.0705. The first-order valence-electron chi connectivity index (χ1n) is 16.2. The van der Waals surface area contributed by atoms with Gasteiger partial charge in [-0.25, -0.2) is 0 Å². The van der Waals surface area contributed by atoms with Gasteiger partial charge in [-0.3, -0.25) is 14.4 Å². The van der Waals surface area contributed by atoms with Gasteiger partial charge in [-0.05, 0) is 69.8 Å². The zero-order chi connectivity index (χ0) is 32.3. The predicted octanol–water partition coefficient (Wildman–Crippen LogP) is 5.09. The van der Waals surface area contributed by atoms with Gasteiger partial charge in [-0.15, -0.1) is 13.2 Å². The Morgan fingerprint density at radius 1 is 1.16 bits per heavy atom. The number of unbranched alkanes of at least 4 members (excludes halogenated alkanes) is 2. The standard InChI is InChI=1S/C36H52N2O6/c1-8-10-11-15-21-43-33(42)28-27-18-19-36(44-27)29(28)31(40)38(26(23-39)22-25-16-13-12-14-17-25)30(36)32(41)37(20-9-2)35(6,7)24-34(3,4)5/h8-9,12-14,16-17,26-30,39H,1-2,10-11,15,18-24H2,3-7H3/t26-,27+,28-,29+,30?,36?/m1/s1. The van der Waals surface area contributed by atoms with Crippen molar-refractivity contribution in [2.24, 2.45) is 17.3 Å². The number of fused-ring (bicyclic) bond motifs is 1. The fourth-order valence-corrected chi connectivity index (χ4v) is 8.13. The average Bonchev–Trinajstić information content (AvgIpc) is 3.60. The lowest BCUT2D eigenvalue weighted by molar-refractivity contribution is -0.158. The first-order chi connectivity index (χ1) is 20.8. The van der Waals surface area contributed by atoms with Crippen LogP contribution in [0.4, 0.5) is 0 Å². The molecule has 3 saturated heterocycles. The Morgan fingerprint density at radius 2 is 1.86 bits per heavy atom. The molecule has 44 heavy (non-hydrogen) atoms. The van der Waals surface area contributed by atoms with Crippen molar-refractivity contribution in [2.45, 2.75) is 109 Å². The van der Waals surface area contributed by atoms with Crippen molar-refractivity contribution in [3.05, 3.63) is 61.2 Å². The van der Waals surface area contributed by atoms with Crippen LogP contribution in [0.2, 0.25) is 0 Å². The Balaban J connectivity index is 1.74. The number of allylic oxidation sites excluding steroid dienone is 1. The number of esters is 1. The Hall–Kier alpha value is -2.97. The van der Waals surface area contributed by atoms with Gasteiger partial charge in [0.25, 0.3) is 0 Å². The number of amides is 2. The molecule has 1 N–H and O–H groups in total. The van der Waals surface area contributed by atoms with Gasteiger partial charge in [0, 0.05) is 12.1 Å². The van der Waals surface area contributed by atoms with E-state index < -0.39 is 47.1 Å². The minimum Gasteiger partial charge on any atom is -0.465 e. The zero-order valence-corrected chi connectivity index (χ0v) is 27.3. The lowest BCUT2D eigenvalue weighted by Gasteiger charge is -2.46. The van der Waals surface area contributed by atoms with E-state index in [1.807, 2.05) is 55.2 Å². The van der Waals surface area contributed by atoms with E-state index in [1.165, 1.54) is 0 Å². The maximum absolute atomic E-state index is 15.0. The first-order valence-corrected chi connectivity index (χ1v) is 16.2. The number of rotatable bonds is 15. The van der Waals surface area contributed by atoms with Crippen molar-refractivity contribution in [3.8, 4) is 0 Å². The molecule has 0 aromatic heterocycles.